The van der Waals surface area contributed by atoms with Gasteiger partial charge in [0.2, 0.25) is 5.91 Å². The molecule has 0 N–H and O–H groups in total. The average Bonchev–Trinajstić information content (AvgIpc) is 3.13. The van der Waals surface area contributed by atoms with Crippen LogP contribution in [0, 0.1) is 0 Å². The first-order chi connectivity index (χ1) is 12.7. The number of rotatable bonds is 3. The van der Waals surface area contributed by atoms with Gasteiger partial charge in [0.25, 0.3) is 0 Å². The van der Waals surface area contributed by atoms with Crippen LogP contribution in [0.3, 0.4) is 0 Å². The molecule has 3 aliphatic rings. The van der Waals surface area contributed by atoms with Crippen molar-refractivity contribution in [2.75, 3.05) is 26.7 Å². The van der Waals surface area contributed by atoms with E-state index in [0.717, 1.165) is 54.2 Å². The smallest absolute Gasteiger partial charge is 0.249 e. The molecule has 1 saturated heterocycles. The summed E-state index contributed by atoms with van der Waals surface area (Å²) < 4.78 is 5.24. The summed E-state index contributed by atoms with van der Waals surface area (Å²) in [5, 5.41) is 0. The number of hydrogen-bond acceptors (Lipinski definition) is 4. The summed E-state index contributed by atoms with van der Waals surface area (Å²) in [6.07, 6.45) is 7.70. The van der Waals surface area contributed by atoms with Gasteiger partial charge in [-0.05, 0) is 61.1 Å². The molecule has 1 aromatic carbocycles. The third-order valence-corrected chi connectivity index (χ3v) is 5.32. The minimum absolute atomic E-state index is 0.179. The molecule has 1 aromatic rings. The number of carbonyl (C=O) groups is 1. The maximum Gasteiger partial charge on any atom is 0.249 e. The van der Waals surface area contributed by atoms with Gasteiger partial charge >= 0.3 is 0 Å². The number of piperidine rings is 1. The molecule has 4 rings (SSSR count). The van der Waals surface area contributed by atoms with Crippen molar-refractivity contribution in [3.05, 3.63) is 47.7 Å². The molecule has 3 aliphatic heterocycles. The van der Waals surface area contributed by atoms with Crippen molar-refractivity contribution >= 4 is 17.3 Å². The molecule has 0 aliphatic carbocycles. The Balaban J connectivity index is 1.53. The molecule has 1 unspecified atom stereocenters. The quantitative estimate of drug-likeness (QED) is 0.841. The lowest BCUT2D eigenvalue weighted by Gasteiger charge is -2.28. The van der Waals surface area contributed by atoms with Crippen LogP contribution in [0.2, 0.25) is 0 Å². The summed E-state index contributed by atoms with van der Waals surface area (Å²) >= 11 is 0. The Morgan fingerprint density at radius 1 is 1.15 bits per heavy atom. The predicted molar refractivity (Wildman–Crippen MR) is 103 cm³/mol. The number of hydrogen-bond donors (Lipinski definition) is 0. The van der Waals surface area contributed by atoms with Gasteiger partial charge in [0.1, 0.15) is 17.6 Å². The van der Waals surface area contributed by atoms with Crippen LogP contribution in [0.5, 0.6) is 5.75 Å². The Morgan fingerprint density at radius 2 is 1.88 bits per heavy atom. The largest absolute Gasteiger partial charge is 0.497 e. The number of benzene rings is 1. The zero-order chi connectivity index (χ0) is 18.1. The number of likely N-dealkylation sites (tertiary alicyclic amines) is 1. The van der Waals surface area contributed by atoms with Crippen LogP contribution in [0.15, 0.2) is 47.1 Å². The minimum Gasteiger partial charge on any atom is -0.497 e. The van der Waals surface area contributed by atoms with E-state index in [4.69, 9.17) is 9.73 Å². The highest BCUT2D eigenvalue weighted by molar-refractivity contribution is 6.06. The van der Waals surface area contributed by atoms with E-state index in [2.05, 4.69) is 36.2 Å². The Hall–Kier alpha value is -2.56. The molecule has 0 saturated carbocycles. The monoisotopic (exact) mass is 351 g/mol. The van der Waals surface area contributed by atoms with Crippen LogP contribution in [0.25, 0.3) is 5.57 Å². The molecule has 1 atom stereocenters. The molecule has 0 spiro atoms. The third kappa shape index (κ3) is 3.14. The first kappa shape index (κ1) is 16.9. The summed E-state index contributed by atoms with van der Waals surface area (Å²) in [7, 11) is 1.67. The fraction of sp³-hybridized carbons (Fsp3) is 0.429. The fourth-order valence-electron chi connectivity index (χ4n) is 3.88. The summed E-state index contributed by atoms with van der Waals surface area (Å²) in [4.78, 5) is 21.7. The van der Waals surface area contributed by atoms with Crippen molar-refractivity contribution in [3.63, 3.8) is 0 Å². The van der Waals surface area contributed by atoms with Crippen LogP contribution in [-0.2, 0) is 4.79 Å². The normalized spacial score (nSPS) is 22.4. The van der Waals surface area contributed by atoms with Gasteiger partial charge in [0, 0.05) is 19.3 Å². The SMILES string of the molecule is COc1ccc(C2=CN3CC(C(=O)N4CCCCC4)N=C3C(C)=C2)cc1. The Kier molecular flexibility index (Phi) is 4.53. The lowest BCUT2D eigenvalue weighted by Crippen LogP contribution is -2.43. The second-order valence-electron chi connectivity index (χ2n) is 7.15. The zero-order valence-electron chi connectivity index (χ0n) is 15.4. The van der Waals surface area contributed by atoms with Gasteiger partial charge in [0.15, 0.2) is 0 Å². The van der Waals surface area contributed by atoms with Crippen LogP contribution in [0.4, 0.5) is 0 Å². The summed E-state index contributed by atoms with van der Waals surface area (Å²) in [5.74, 6) is 1.96. The number of methoxy groups -OCH3 is 1. The number of aliphatic imine (C=N–C) groups is 1. The van der Waals surface area contributed by atoms with Gasteiger partial charge in [-0.15, -0.1) is 0 Å². The first-order valence-electron chi connectivity index (χ1n) is 9.34. The van der Waals surface area contributed by atoms with E-state index in [9.17, 15) is 4.79 Å². The third-order valence-electron chi connectivity index (χ3n) is 5.32. The molecule has 136 valence electrons. The molecular weight excluding hydrogens is 326 g/mol. The fourth-order valence-corrected chi connectivity index (χ4v) is 3.88. The van der Waals surface area contributed by atoms with E-state index in [0.29, 0.717) is 6.54 Å². The molecule has 0 aromatic heterocycles. The molecule has 5 nitrogen and oxygen atoms in total. The van der Waals surface area contributed by atoms with Gasteiger partial charge in [-0.25, -0.2) is 0 Å². The number of nitrogens with zero attached hydrogens (tertiary/aromatic N) is 3. The lowest BCUT2D eigenvalue weighted by atomic mass is 10.0. The van der Waals surface area contributed by atoms with Crippen molar-refractivity contribution in [2.24, 2.45) is 4.99 Å². The Bertz CT molecular complexity index is 786. The predicted octanol–water partition coefficient (Wildman–Crippen LogP) is 3.09. The number of amides is 1. The topological polar surface area (TPSA) is 45.1 Å². The van der Waals surface area contributed by atoms with E-state index in [-0.39, 0.29) is 11.9 Å². The molecule has 0 radical (unpaired) electrons. The second-order valence-corrected chi connectivity index (χ2v) is 7.15. The number of allylic oxidation sites excluding steroid dienone is 2. The molecule has 5 heteroatoms. The average molecular weight is 351 g/mol. The van der Waals surface area contributed by atoms with Crippen molar-refractivity contribution in [3.8, 4) is 5.75 Å². The van der Waals surface area contributed by atoms with Gasteiger partial charge in [-0.3, -0.25) is 9.79 Å². The summed E-state index contributed by atoms with van der Waals surface area (Å²) in [5.41, 5.74) is 3.37. The number of amidine groups is 1. The molecular formula is C21H25N3O2. The van der Waals surface area contributed by atoms with E-state index in [1.807, 2.05) is 17.0 Å². The minimum atomic E-state index is -0.280. The van der Waals surface area contributed by atoms with Crippen molar-refractivity contribution in [2.45, 2.75) is 32.2 Å². The number of fused-ring (bicyclic) bond motifs is 1. The van der Waals surface area contributed by atoms with Gasteiger partial charge in [-0.1, -0.05) is 12.1 Å². The first-order valence-corrected chi connectivity index (χ1v) is 9.34. The molecule has 1 fully saturated rings. The number of ether oxygens (including phenoxy) is 1. The maximum absolute atomic E-state index is 12.8. The van der Waals surface area contributed by atoms with Crippen LogP contribution >= 0.6 is 0 Å². The molecule has 1 amide bonds. The Labute approximate surface area is 154 Å². The van der Waals surface area contributed by atoms with Crippen LogP contribution in [0.1, 0.15) is 31.7 Å². The van der Waals surface area contributed by atoms with Crippen LogP contribution < -0.4 is 4.74 Å². The highest BCUT2D eigenvalue weighted by Crippen LogP contribution is 2.29. The van der Waals surface area contributed by atoms with Gasteiger partial charge in [-0.2, -0.15) is 0 Å². The van der Waals surface area contributed by atoms with E-state index in [1.54, 1.807) is 7.11 Å². The molecule has 26 heavy (non-hydrogen) atoms. The second kappa shape index (κ2) is 6.98. The van der Waals surface area contributed by atoms with Gasteiger partial charge < -0.3 is 14.5 Å². The van der Waals surface area contributed by atoms with Crippen LogP contribution in [-0.4, -0.2) is 54.3 Å². The highest BCUT2D eigenvalue weighted by atomic mass is 16.5. The lowest BCUT2D eigenvalue weighted by molar-refractivity contribution is -0.133. The Morgan fingerprint density at radius 3 is 2.58 bits per heavy atom. The number of carbonyl (C=O) groups excluding carboxylic acids is 1. The zero-order valence-corrected chi connectivity index (χ0v) is 15.4. The summed E-state index contributed by atoms with van der Waals surface area (Å²) in [6.45, 7) is 4.45. The van der Waals surface area contributed by atoms with E-state index >= 15 is 0 Å². The van der Waals surface area contributed by atoms with E-state index < -0.39 is 0 Å². The van der Waals surface area contributed by atoms with Crippen molar-refractivity contribution in [1.82, 2.24) is 9.80 Å². The maximum atomic E-state index is 12.8. The standard InChI is InChI=1S/C21H25N3O2/c1-15-12-17(16-6-8-18(26-2)9-7-16)13-24-14-19(22-20(15)24)21(25)23-10-4-3-5-11-23/h6-9,12-13,19H,3-5,10-11,14H2,1-2H3. The highest BCUT2D eigenvalue weighted by Gasteiger charge is 2.34. The van der Waals surface area contributed by atoms with E-state index in [1.165, 1.54) is 6.42 Å². The van der Waals surface area contributed by atoms with Gasteiger partial charge in [0.05, 0.1) is 13.7 Å². The van der Waals surface area contributed by atoms with Crippen molar-refractivity contribution in [1.29, 1.82) is 0 Å². The van der Waals surface area contributed by atoms with Crippen molar-refractivity contribution < 1.29 is 9.53 Å². The molecule has 0 bridgehead atoms. The molecule has 3 heterocycles. The summed E-state index contributed by atoms with van der Waals surface area (Å²) in [6, 6.07) is 7.77.